The van der Waals surface area contributed by atoms with E-state index in [1.807, 2.05) is 0 Å². The second-order valence-corrected chi connectivity index (χ2v) is 3.33. The number of pyridine rings is 1. The van der Waals surface area contributed by atoms with Gasteiger partial charge in [0.1, 0.15) is 0 Å². The van der Waals surface area contributed by atoms with Gasteiger partial charge in [-0.05, 0) is 6.07 Å². The fourth-order valence-corrected chi connectivity index (χ4v) is 1.29. The first-order chi connectivity index (χ1) is 8.70. The normalized spacial score (nSPS) is 9.83. The van der Waals surface area contributed by atoms with Crippen molar-refractivity contribution in [2.24, 2.45) is 0 Å². The van der Waals surface area contributed by atoms with Crippen molar-refractivity contribution in [3.8, 4) is 5.88 Å². The van der Waals surface area contributed by atoms with Crippen LogP contribution in [0.15, 0.2) is 30.7 Å². The molecular formula is C11H11N5O2. The Morgan fingerprint density at radius 3 is 2.67 bits per heavy atom. The van der Waals surface area contributed by atoms with Gasteiger partial charge in [-0.3, -0.25) is 4.79 Å². The van der Waals surface area contributed by atoms with Crippen molar-refractivity contribution >= 4 is 17.4 Å². The van der Waals surface area contributed by atoms with Crippen LogP contribution in [-0.2, 0) is 0 Å². The third kappa shape index (κ3) is 2.51. The minimum atomic E-state index is -0.437. The van der Waals surface area contributed by atoms with Gasteiger partial charge in [0.25, 0.3) is 5.91 Å². The van der Waals surface area contributed by atoms with Gasteiger partial charge in [-0.25, -0.2) is 15.0 Å². The van der Waals surface area contributed by atoms with Crippen LogP contribution in [0.1, 0.15) is 10.5 Å². The van der Waals surface area contributed by atoms with Crippen molar-refractivity contribution in [2.75, 3.05) is 18.2 Å². The van der Waals surface area contributed by atoms with E-state index >= 15 is 0 Å². The summed E-state index contributed by atoms with van der Waals surface area (Å²) in [5, 5.41) is 2.61. The number of ether oxygens (including phenoxy) is 1. The van der Waals surface area contributed by atoms with Crippen molar-refractivity contribution in [1.82, 2.24) is 15.0 Å². The number of nitrogens with two attached hydrogens (primary N) is 1. The van der Waals surface area contributed by atoms with Crippen LogP contribution in [0, 0.1) is 0 Å². The number of methoxy groups -OCH3 is 1. The lowest BCUT2D eigenvalue weighted by atomic mass is 10.3. The molecule has 2 rings (SSSR count). The van der Waals surface area contributed by atoms with Gasteiger partial charge in [0.05, 0.1) is 19.0 Å². The fourth-order valence-electron chi connectivity index (χ4n) is 1.29. The van der Waals surface area contributed by atoms with Crippen LogP contribution in [0.25, 0.3) is 0 Å². The molecule has 2 heterocycles. The predicted octanol–water partition coefficient (Wildman–Crippen LogP) is 0.715. The van der Waals surface area contributed by atoms with Crippen LogP contribution < -0.4 is 15.8 Å². The minimum absolute atomic E-state index is 0.0771. The molecule has 1 amide bonds. The highest BCUT2D eigenvalue weighted by molar-refractivity contribution is 6.05. The summed E-state index contributed by atoms with van der Waals surface area (Å²) >= 11 is 0. The van der Waals surface area contributed by atoms with Crippen molar-refractivity contribution in [1.29, 1.82) is 0 Å². The maximum Gasteiger partial charge on any atom is 0.278 e. The highest BCUT2D eigenvalue weighted by Gasteiger charge is 2.12. The minimum Gasteiger partial charge on any atom is -0.481 e. The quantitative estimate of drug-likeness (QED) is 0.825. The molecule has 18 heavy (non-hydrogen) atoms. The van der Waals surface area contributed by atoms with Gasteiger partial charge in [0.2, 0.25) is 5.88 Å². The largest absolute Gasteiger partial charge is 0.481 e. The summed E-state index contributed by atoms with van der Waals surface area (Å²) < 4.78 is 4.91. The van der Waals surface area contributed by atoms with Gasteiger partial charge in [-0.15, -0.1) is 0 Å². The summed E-state index contributed by atoms with van der Waals surface area (Å²) in [6.45, 7) is 0. The first kappa shape index (κ1) is 11.8. The van der Waals surface area contributed by atoms with E-state index in [0.29, 0.717) is 11.6 Å². The van der Waals surface area contributed by atoms with Crippen LogP contribution in [-0.4, -0.2) is 28.0 Å². The molecule has 0 spiro atoms. The van der Waals surface area contributed by atoms with Gasteiger partial charge >= 0.3 is 0 Å². The van der Waals surface area contributed by atoms with E-state index in [1.165, 1.54) is 25.7 Å². The number of aromatic nitrogens is 3. The Hall–Kier alpha value is -2.70. The van der Waals surface area contributed by atoms with Crippen LogP contribution >= 0.6 is 0 Å². The number of nitrogens with zero attached hydrogens (tertiary/aromatic N) is 3. The molecule has 0 atom stereocenters. The molecule has 0 fully saturated rings. The Labute approximate surface area is 103 Å². The number of nitrogens with one attached hydrogen (secondary N) is 1. The van der Waals surface area contributed by atoms with E-state index in [-0.39, 0.29) is 11.5 Å². The Morgan fingerprint density at radius 1 is 1.28 bits per heavy atom. The molecule has 0 aliphatic carbocycles. The predicted molar refractivity (Wildman–Crippen MR) is 65.2 cm³/mol. The van der Waals surface area contributed by atoms with Crippen LogP contribution in [0.3, 0.4) is 0 Å². The van der Waals surface area contributed by atoms with Gasteiger partial charge in [0, 0.05) is 18.5 Å². The fraction of sp³-hybridized carbons (Fsp3) is 0.0909. The molecule has 0 bridgehead atoms. The molecule has 3 N–H and O–H groups in total. The molecule has 0 aliphatic rings. The Balaban J connectivity index is 2.14. The third-order valence-corrected chi connectivity index (χ3v) is 2.14. The molecule has 92 valence electrons. The summed E-state index contributed by atoms with van der Waals surface area (Å²) in [6, 6.07) is 3.30. The van der Waals surface area contributed by atoms with E-state index in [1.54, 1.807) is 12.1 Å². The molecule has 7 heteroatoms. The first-order valence-electron chi connectivity index (χ1n) is 5.08. The summed E-state index contributed by atoms with van der Waals surface area (Å²) in [5.41, 5.74) is 6.15. The third-order valence-electron chi connectivity index (χ3n) is 2.14. The van der Waals surface area contributed by atoms with Gasteiger partial charge in [-0.2, -0.15) is 0 Å². The topological polar surface area (TPSA) is 103 Å². The molecular weight excluding hydrogens is 234 g/mol. The lowest BCUT2D eigenvalue weighted by Crippen LogP contribution is -2.16. The zero-order valence-electron chi connectivity index (χ0n) is 9.62. The second-order valence-electron chi connectivity index (χ2n) is 3.33. The number of carbonyl (C=O) groups excluding carboxylic acids is 1. The standard InChI is InChI=1S/C11H11N5O2/c1-18-8-3-2-7(6-15-8)16-11(17)9-10(12)14-5-4-13-9/h2-6H,1H3,(H2,12,14)(H,16,17). The number of amides is 1. The average Bonchev–Trinajstić information content (AvgIpc) is 2.40. The molecule has 0 radical (unpaired) electrons. The number of anilines is 2. The Kier molecular flexibility index (Phi) is 3.33. The zero-order chi connectivity index (χ0) is 13.0. The number of nitrogen functional groups attached to an aromatic ring is 1. The van der Waals surface area contributed by atoms with Crippen molar-refractivity contribution in [3.05, 3.63) is 36.4 Å². The van der Waals surface area contributed by atoms with E-state index in [2.05, 4.69) is 20.3 Å². The monoisotopic (exact) mass is 245 g/mol. The molecule has 2 aromatic rings. The number of hydrogen-bond acceptors (Lipinski definition) is 6. The van der Waals surface area contributed by atoms with E-state index in [4.69, 9.17) is 10.5 Å². The van der Waals surface area contributed by atoms with E-state index in [9.17, 15) is 4.79 Å². The highest BCUT2D eigenvalue weighted by atomic mass is 16.5. The highest BCUT2D eigenvalue weighted by Crippen LogP contribution is 2.12. The maximum absolute atomic E-state index is 11.8. The van der Waals surface area contributed by atoms with Crippen molar-refractivity contribution < 1.29 is 9.53 Å². The number of hydrogen-bond donors (Lipinski definition) is 2. The van der Waals surface area contributed by atoms with Gasteiger partial charge in [0.15, 0.2) is 11.5 Å². The van der Waals surface area contributed by atoms with Crippen molar-refractivity contribution in [2.45, 2.75) is 0 Å². The SMILES string of the molecule is COc1ccc(NC(=O)c2nccnc2N)cn1. The average molecular weight is 245 g/mol. The molecule has 2 aromatic heterocycles. The lowest BCUT2D eigenvalue weighted by Gasteiger charge is -2.06. The summed E-state index contributed by atoms with van der Waals surface area (Å²) in [6.07, 6.45) is 4.29. The van der Waals surface area contributed by atoms with Crippen LogP contribution in [0.2, 0.25) is 0 Å². The van der Waals surface area contributed by atoms with Crippen molar-refractivity contribution in [3.63, 3.8) is 0 Å². The molecule has 0 aliphatic heterocycles. The summed E-state index contributed by atoms with van der Waals surface area (Å²) in [5.74, 6) is 0.107. The molecule has 0 unspecified atom stereocenters. The van der Waals surface area contributed by atoms with Crippen LogP contribution in [0.4, 0.5) is 11.5 Å². The second kappa shape index (κ2) is 5.09. The molecule has 0 aromatic carbocycles. The summed E-state index contributed by atoms with van der Waals surface area (Å²) in [4.78, 5) is 23.5. The molecule has 0 saturated carbocycles. The lowest BCUT2D eigenvalue weighted by molar-refractivity contribution is 0.102. The smallest absolute Gasteiger partial charge is 0.278 e. The number of rotatable bonds is 3. The Bertz CT molecular complexity index is 556. The van der Waals surface area contributed by atoms with Gasteiger partial charge < -0.3 is 15.8 Å². The zero-order valence-corrected chi connectivity index (χ0v) is 9.62. The van der Waals surface area contributed by atoms with E-state index < -0.39 is 5.91 Å². The number of carbonyl (C=O) groups is 1. The molecule has 0 saturated heterocycles. The first-order valence-corrected chi connectivity index (χ1v) is 5.08. The maximum atomic E-state index is 11.8. The van der Waals surface area contributed by atoms with Crippen LogP contribution in [0.5, 0.6) is 5.88 Å². The van der Waals surface area contributed by atoms with E-state index in [0.717, 1.165) is 0 Å². The Morgan fingerprint density at radius 2 is 2.06 bits per heavy atom. The van der Waals surface area contributed by atoms with Gasteiger partial charge in [-0.1, -0.05) is 0 Å². The molecule has 7 nitrogen and oxygen atoms in total. The summed E-state index contributed by atoms with van der Waals surface area (Å²) in [7, 11) is 1.51.